The van der Waals surface area contributed by atoms with Crippen LogP contribution in [0.4, 0.5) is 11.6 Å². The van der Waals surface area contributed by atoms with E-state index in [1.165, 1.54) is 6.33 Å². The summed E-state index contributed by atoms with van der Waals surface area (Å²) in [7, 11) is -2.03. The number of rotatable bonds is 13. The Morgan fingerprint density at radius 2 is 1.83 bits per heavy atom. The first kappa shape index (κ1) is 31.2. The van der Waals surface area contributed by atoms with E-state index in [0.29, 0.717) is 40.0 Å². The molecule has 3 atom stereocenters. The summed E-state index contributed by atoms with van der Waals surface area (Å²) in [4.78, 5) is 29.5. The van der Waals surface area contributed by atoms with Gasteiger partial charge in [-0.1, -0.05) is 11.6 Å². The molecule has 4 N–H and O–H groups in total. The largest absolute Gasteiger partial charge is 0.462 e. The van der Waals surface area contributed by atoms with E-state index >= 15 is 0 Å². The zero-order valence-corrected chi connectivity index (χ0v) is 25.6. The van der Waals surface area contributed by atoms with Crippen molar-refractivity contribution in [3.05, 3.63) is 54.1 Å². The minimum Gasteiger partial charge on any atom is -0.462 e. The molecule has 1 unspecified atom stereocenters. The molecule has 0 aliphatic heterocycles. The van der Waals surface area contributed by atoms with Gasteiger partial charge in [0.2, 0.25) is 0 Å². The average Bonchev–Trinajstić information content (AvgIpc) is 3.36. The minimum atomic E-state index is -3.80. The van der Waals surface area contributed by atoms with E-state index in [0.717, 1.165) is 5.56 Å². The molecule has 1 aromatic carbocycles. The Morgan fingerprint density at radius 1 is 1.10 bits per heavy atom. The topological polar surface area (TPSA) is 168 Å². The van der Waals surface area contributed by atoms with Crippen molar-refractivity contribution < 1.29 is 23.4 Å². The van der Waals surface area contributed by atoms with Gasteiger partial charge in [0.15, 0.2) is 11.5 Å². The number of nitrogens with one attached hydrogen (secondary N) is 2. The van der Waals surface area contributed by atoms with E-state index in [4.69, 9.17) is 31.3 Å². The van der Waals surface area contributed by atoms with Crippen LogP contribution in [0.2, 0.25) is 5.02 Å². The smallest absolute Gasteiger partial charge is 0.342 e. The summed E-state index contributed by atoms with van der Waals surface area (Å²) in [6.45, 7) is 7.17. The third-order valence-corrected chi connectivity index (χ3v) is 8.07. The lowest BCUT2D eigenvalue weighted by atomic mass is 10.1. The van der Waals surface area contributed by atoms with Crippen molar-refractivity contribution >= 4 is 47.9 Å². The summed E-state index contributed by atoms with van der Waals surface area (Å²) in [5.74, 6) is 0.667. The number of pyridine rings is 1. The third kappa shape index (κ3) is 7.74. The first-order valence-electron chi connectivity index (χ1n) is 13.2. The lowest BCUT2D eigenvalue weighted by molar-refractivity contribution is -0.149. The number of esters is 1. The minimum absolute atomic E-state index is 0.274. The van der Waals surface area contributed by atoms with Crippen LogP contribution in [-0.2, 0) is 25.4 Å². The van der Waals surface area contributed by atoms with Crippen molar-refractivity contribution in [1.29, 1.82) is 0 Å². The number of imidazole rings is 1. The first-order chi connectivity index (χ1) is 20.0. The molecule has 4 aromatic rings. The summed E-state index contributed by atoms with van der Waals surface area (Å²) in [6.07, 6.45) is 1.83. The molecule has 0 radical (unpaired) electrons. The molecule has 0 saturated carbocycles. The number of hydrogen-bond donors (Lipinski definition) is 3. The number of carbonyl (C=O) groups excluding carboxylic acids is 1. The van der Waals surface area contributed by atoms with E-state index < -0.39 is 25.6 Å². The molecule has 4 rings (SSSR count). The van der Waals surface area contributed by atoms with E-state index in [1.807, 2.05) is 6.92 Å². The van der Waals surface area contributed by atoms with Crippen molar-refractivity contribution in [3.8, 4) is 17.0 Å². The summed E-state index contributed by atoms with van der Waals surface area (Å²) >= 11 is 6.36. The average molecular weight is 617 g/mol. The number of hydrogen-bond acceptors (Lipinski definition) is 11. The number of anilines is 2. The molecule has 0 saturated heterocycles. The van der Waals surface area contributed by atoms with Crippen LogP contribution in [-0.4, -0.2) is 62.1 Å². The van der Waals surface area contributed by atoms with Crippen LogP contribution in [0.3, 0.4) is 0 Å². The Bertz CT molecular complexity index is 1580. The van der Waals surface area contributed by atoms with Gasteiger partial charge in [0.05, 0.1) is 35.8 Å². The monoisotopic (exact) mass is 616 g/mol. The summed E-state index contributed by atoms with van der Waals surface area (Å²) in [5.41, 5.74) is 8.24. The van der Waals surface area contributed by atoms with Crippen LogP contribution in [0.15, 0.2) is 49.1 Å². The molecule has 0 aliphatic rings. The number of fused-ring (bicyclic) bond motifs is 1. The Hall–Kier alpha value is -3.77. The molecule has 15 heteroatoms. The second-order valence-corrected chi connectivity index (χ2v) is 12.3. The van der Waals surface area contributed by atoms with Crippen molar-refractivity contribution in [2.75, 3.05) is 24.4 Å². The van der Waals surface area contributed by atoms with Gasteiger partial charge in [-0.3, -0.25) is 9.36 Å². The molecule has 13 nitrogen and oxygen atoms in total. The number of nitrogen functional groups attached to an aromatic ring is 1. The van der Waals surface area contributed by atoms with E-state index in [2.05, 4.69) is 30.3 Å². The Balaban J connectivity index is 1.51. The highest BCUT2D eigenvalue weighted by molar-refractivity contribution is 7.57. The number of nitrogens with zero attached hydrogens (tertiary/aromatic N) is 5. The molecule has 3 aromatic heterocycles. The maximum Gasteiger partial charge on any atom is 0.342 e. The maximum absolute atomic E-state index is 14.1. The van der Waals surface area contributed by atoms with Gasteiger partial charge in [0, 0.05) is 12.6 Å². The molecule has 0 spiro atoms. The zero-order chi connectivity index (χ0) is 30.4. The predicted molar refractivity (Wildman–Crippen MR) is 161 cm³/mol. The number of nitrogens with two attached hydrogens (primary N) is 1. The van der Waals surface area contributed by atoms with Crippen molar-refractivity contribution in [3.63, 3.8) is 0 Å². The van der Waals surface area contributed by atoms with Gasteiger partial charge in [-0.2, -0.15) is 0 Å². The maximum atomic E-state index is 14.1. The van der Waals surface area contributed by atoms with Gasteiger partial charge in [0.25, 0.3) is 0 Å². The molecule has 3 heterocycles. The number of ether oxygens (including phenoxy) is 2. The van der Waals surface area contributed by atoms with Gasteiger partial charge < -0.3 is 29.6 Å². The molecule has 0 amide bonds. The van der Waals surface area contributed by atoms with E-state index in [-0.39, 0.29) is 18.3 Å². The van der Waals surface area contributed by atoms with Gasteiger partial charge in [0.1, 0.15) is 35.8 Å². The molecular formula is C27H34ClN8O5P. The lowest BCUT2D eigenvalue weighted by Crippen LogP contribution is -2.37. The second-order valence-electron chi connectivity index (χ2n) is 9.84. The lowest BCUT2D eigenvalue weighted by Gasteiger charge is -2.25. The fraction of sp³-hybridized carbons (Fsp3) is 0.370. The number of carbonyl (C=O) groups is 1. The Labute approximate surface area is 248 Å². The SMILES string of the molecule is CNc1ccc(Cl)c(-c2ccc(OP(=O)(CO[C@H](C)Cn3cnc4c(N)ncnc43)N[C@@H](C)C(=O)OC(C)C)cc2)n1. The van der Waals surface area contributed by atoms with Gasteiger partial charge in [-0.15, -0.1) is 0 Å². The van der Waals surface area contributed by atoms with Crippen LogP contribution in [0.5, 0.6) is 5.75 Å². The normalized spacial score (nSPS) is 14.4. The summed E-state index contributed by atoms with van der Waals surface area (Å²) < 4.78 is 33.0. The van der Waals surface area contributed by atoms with Gasteiger partial charge >= 0.3 is 13.5 Å². The zero-order valence-electron chi connectivity index (χ0n) is 23.9. The quantitative estimate of drug-likeness (QED) is 0.140. The molecule has 42 heavy (non-hydrogen) atoms. The summed E-state index contributed by atoms with van der Waals surface area (Å²) in [6, 6.07) is 9.40. The number of benzene rings is 1. The van der Waals surface area contributed by atoms with Crippen LogP contribution >= 0.6 is 19.1 Å². The standard InChI is InChI=1S/C27H34ClN8O5P/c1-16(2)40-27(37)18(4)35-42(38,15-39-17(3)12-36-14-33-24-25(29)31-13-32-26(24)36)41-20-8-6-19(7-9-20)23-21(28)10-11-22(30-5)34-23/h6-11,13-14,16-18H,12,15H2,1-5H3,(H,30,34)(H,35,38)(H2,29,31,32)/t17-,18+,42?/m1/s1. The van der Waals surface area contributed by atoms with Crippen LogP contribution < -0.4 is 20.7 Å². The molecule has 0 aliphatic carbocycles. The van der Waals surface area contributed by atoms with Crippen molar-refractivity contribution in [1.82, 2.24) is 29.6 Å². The first-order valence-corrected chi connectivity index (χ1v) is 15.4. The van der Waals surface area contributed by atoms with Gasteiger partial charge in [-0.05, 0) is 64.1 Å². The second kappa shape index (κ2) is 13.5. The number of aromatic nitrogens is 5. The number of halogens is 1. The van der Waals surface area contributed by atoms with Crippen molar-refractivity contribution in [2.24, 2.45) is 0 Å². The third-order valence-electron chi connectivity index (χ3n) is 5.99. The summed E-state index contributed by atoms with van der Waals surface area (Å²) in [5, 5.41) is 6.27. The highest BCUT2D eigenvalue weighted by Gasteiger charge is 2.32. The highest BCUT2D eigenvalue weighted by atomic mass is 35.5. The highest BCUT2D eigenvalue weighted by Crippen LogP contribution is 2.44. The molecule has 224 valence electrons. The van der Waals surface area contributed by atoms with Crippen LogP contribution in [0.1, 0.15) is 27.7 Å². The Kier molecular flexibility index (Phi) is 10.00. The molecule has 0 bridgehead atoms. The van der Waals surface area contributed by atoms with E-state index in [9.17, 15) is 9.36 Å². The fourth-order valence-corrected chi connectivity index (χ4v) is 5.99. The molecule has 0 fully saturated rings. The van der Waals surface area contributed by atoms with Crippen LogP contribution in [0.25, 0.3) is 22.4 Å². The van der Waals surface area contributed by atoms with Crippen molar-refractivity contribution in [2.45, 2.75) is 52.5 Å². The Morgan fingerprint density at radius 3 is 2.52 bits per heavy atom. The van der Waals surface area contributed by atoms with Gasteiger partial charge in [-0.25, -0.2) is 25.0 Å². The fourth-order valence-electron chi connectivity index (χ4n) is 3.99. The van der Waals surface area contributed by atoms with E-state index in [1.54, 1.807) is 75.1 Å². The van der Waals surface area contributed by atoms with Crippen LogP contribution in [0, 0.1) is 0 Å². The predicted octanol–water partition coefficient (Wildman–Crippen LogP) is 4.73. The molecular weight excluding hydrogens is 583 g/mol.